The van der Waals surface area contributed by atoms with Crippen LogP contribution in [-0.2, 0) is 9.59 Å². The Labute approximate surface area is 66.6 Å². The molecule has 1 rings (SSSR count). The summed E-state index contributed by atoms with van der Waals surface area (Å²) in [6.07, 6.45) is 0. The smallest absolute Gasteiger partial charge is 0.271 e. The van der Waals surface area contributed by atoms with Crippen molar-refractivity contribution >= 4 is 23.2 Å². The molecule has 64 valence electrons. The SMILES string of the molecule is NC(=O)C1=NNNN=C1C(N)=O. The van der Waals surface area contributed by atoms with Crippen molar-refractivity contribution in [3.63, 3.8) is 0 Å². The van der Waals surface area contributed by atoms with E-state index in [0.29, 0.717) is 0 Å². The minimum Gasteiger partial charge on any atom is -0.364 e. The van der Waals surface area contributed by atoms with Gasteiger partial charge in [0.05, 0.1) is 0 Å². The van der Waals surface area contributed by atoms with Crippen LogP contribution >= 0.6 is 0 Å². The summed E-state index contributed by atoms with van der Waals surface area (Å²) in [5, 5.41) is 6.76. The Bertz CT molecular complexity index is 262. The Kier molecular flexibility index (Phi) is 1.90. The van der Waals surface area contributed by atoms with Crippen molar-refractivity contribution in [1.82, 2.24) is 11.1 Å². The van der Waals surface area contributed by atoms with Gasteiger partial charge in [0.15, 0.2) is 11.4 Å². The number of hydrazone groups is 2. The minimum absolute atomic E-state index is 0.291. The number of nitrogens with zero attached hydrogens (tertiary/aromatic N) is 2. The number of hydrazine groups is 1. The van der Waals surface area contributed by atoms with Crippen molar-refractivity contribution in [3.05, 3.63) is 0 Å². The van der Waals surface area contributed by atoms with Gasteiger partial charge in [0.25, 0.3) is 11.8 Å². The Balaban J connectivity index is 2.98. The largest absolute Gasteiger partial charge is 0.364 e. The number of amides is 2. The van der Waals surface area contributed by atoms with E-state index in [0.717, 1.165) is 0 Å². The third-order valence-corrected chi connectivity index (χ3v) is 1.08. The second-order valence-corrected chi connectivity index (χ2v) is 1.87. The van der Waals surface area contributed by atoms with E-state index in [2.05, 4.69) is 21.3 Å². The maximum atomic E-state index is 10.6. The lowest BCUT2D eigenvalue weighted by Gasteiger charge is -2.09. The van der Waals surface area contributed by atoms with Gasteiger partial charge in [0.2, 0.25) is 0 Å². The van der Waals surface area contributed by atoms with Crippen molar-refractivity contribution in [1.29, 1.82) is 0 Å². The highest BCUT2D eigenvalue weighted by atomic mass is 16.2. The number of primary amides is 2. The molecule has 0 unspecified atom stereocenters. The average molecular weight is 170 g/mol. The Morgan fingerprint density at radius 1 is 1.00 bits per heavy atom. The maximum Gasteiger partial charge on any atom is 0.271 e. The van der Waals surface area contributed by atoms with Crippen molar-refractivity contribution in [2.45, 2.75) is 0 Å². The third-order valence-electron chi connectivity index (χ3n) is 1.08. The summed E-state index contributed by atoms with van der Waals surface area (Å²) in [6, 6.07) is 0. The van der Waals surface area contributed by atoms with Gasteiger partial charge in [-0.15, -0.1) is 0 Å². The zero-order valence-corrected chi connectivity index (χ0v) is 5.87. The molecule has 8 heteroatoms. The zero-order valence-electron chi connectivity index (χ0n) is 5.87. The predicted octanol–water partition coefficient (Wildman–Crippen LogP) is -3.22. The summed E-state index contributed by atoms with van der Waals surface area (Å²) in [6.45, 7) is 0. The van der Waals surface area contributed by atoms with Crippen molar-refractivity contribution in [2.24, 2.45) is 21.7 Å². The van der Waals surface area contributed by atoms with E-state index in [9.17, 15) is 9.59 Å². The molecular weight excluding hydrogens is 164 g/mol. The summed E-state index contributed by atoms with van der Waals surface area (Å²) in [5.74, 6) is -1.75. The lowest BCUT2D eigenvalue weighted by Crippen LogP contribution is -2.45. The second-order valence-electron chi connectivity index (χ2n) is 1.87. The van der Waals surface area contributed by atoms with Crippen LogP contribution < -0.4 is 22.5 Å². The lowest BCUT2D eigenvalue weighted by atomic mass is 10.2. The number of hydrogen-bond donors (Lipinski definition) is 4. The summed E-state index contributed by atoms with van der Waals surface area (Å²) >= 11 is 0. The molecule has 0 saturated heterocycles. The summed E-state index contributed by atoms with van der Waals surface area (Å²) in [5.41, 5.74) is 13.4. The molecule has 0 radical (unpaired) electrons. The highest BCUT2D eigenvalue weighted by Crippen LogP contribution is 1.86. The Morgan fingerprint density at radius 3 is 1.58 bits per heavy atom. The molecule has 6 N–H and O–H groups in total. The number of rotatable bonds is 2. The minimum atomic E-state index is -0.874. The number of nitrogens with one attached hydrogen (secondary N) is 2. The first-order valence-corrected chi connectivity index (χ1v) is 2.88. The molecule has 0 saturated carbocycles. The van der Waals surface area contributed by atoms with Crippen molar-refractivity contribution in [2.75, 3.05) is 0 Å². The molecule has 0 aromatic heterocycles. The zero-order chi connectivity index (χ0) is 9.14. The van der Waals surface area contributed by atoms with Crippen LogP contribution in [0.5, 0.6) is 0 Å². The van der Waals surface area contributed by atoms with Gasteiger partial charge < -0.3 is 11.5 Å². The molecule has 0 bridgehead atoms. The molecule has 0 spiro atoms. The van der Waals surface area contributed by atoms with Gasteiger partial charge >= 0.3 is 0 Å². The standard InChI is InChI=1S/C4H6N6O2/c5-3(11)1-2(4(6)12)8-10-9-7-1/h9-10H,(H2,5,11)(H2,6,12). The number of carbonyl (C=O) groups is 2. The average Bonchev–Trinajstić information content (AvgIpc) is 2.04. The van der Waals surface area contributed by atoms with Gasteiger partial charge in [-0.2, -0.15) is 10.2 Å². The van der Waals surface area contributed by atoms with Gasteiger partial charge in [-0.05, 0) is 0 Å². The van der Waals surface area contributed by atoms with E-state index in [4.69, 9.17) is 11.5 Å². The van der Waals surface area contributed by atoms with E-state index in [-0.39, 0.29) is 11.4 Å². The van der Waals surface area contributed by atoms with Crippen LogP contribution in [0.2, 0.25) is 0 Å². The van der Waals surface area contributed by atoms with Crippen LogP contribution in [0.15, 0.2) is 10.2 Å². The van der Waals surface area contributed by atoms with Crippen LogP contribution in [0.25, 0.3) is 0 Å². The molecule has 1 heterocycles. The third kappa shape index (κ3) is 1.31. The molecule has 1 aliphatic heterocycles. The van der Waals surface area contributed by atoms with Crippen molar-refractivity contribution < 1.29 is 9.59 Å². The summed E-state index contributed by atoms with van der Waals surface area (Å²) in [7, 11) is 0. The molecule has 12 heavy (non-hydrogen) atoms. The molecule has 1 aliphatic rings. The quantitative estimate of drug-likeness (QED) is 0.346. The van der Waals surface area contributed by atoms with E-state index < -0.39 is 11.8 Å². The molecule has 0 atom stereocenters. The van der Waals surface area contributed by atoms with E-state index >= 15 is 0 Å². The maximum absolute atomic E-state index is 10.6. The first kappa shape index (κ1) is 7.98. The molecule has 8 nitrogen and oxygen atoms in total. The molecule has 0 aromatic rings. The monoisotopic (exact) mass is 170 g/mol. The highest BCUT2D eigenvalue weighted by molar-refractivity contribution is 6.80. The number of nitrogens with two attached hydrogens (primary N) is 2. The molecule has 0 aliphatic carbocycles. The summed E-state index contributed by atoms with van der Waals surface area (Å²) in [4.78, 5) is 21.2. The number of hydrogen-bond acceptors (Lipinski definition) is 6. The lowest BCUT2D eigenvalue weighted by molar-refractivity contribution is -0.113. The summed E-state index contributed by atoms with van der Waals surface area (Å²) < 4.78 is 0. The van der Waals surface area contributed by atoms with Crippen LogP contribution in [0.3, 0.4) is 0 Å². The molecule has 0 fully saturated rings. The topological polar surface area (TPSA) is 135 Å². The molecule has 2 amide bonds. The van der Waals surface area contributed by atoms with Gasteiger partial charge in [-0.25, -0.2) is 11.1 Å². The van der Waals surface area contributed by atoms with Gasteiger partial charge in [-0.3, -0.25) is 9.59 Å². The van der Waals surface area contributed by atoms with E-state index in [1.165, 1.54) is 0 Å². The van der Waals surface area contributed by atoms with Crippen molar-refractivity contribution in [3.8, 4) is 0 Å². The first-order valence-electron chi connectivity index (χ1n) is 2.88. The van der Waals surface area contributed by atoms with Gasteiger partial charge in [-0.1, -0.05) is 0 Å². The van der Waals surface area contributed by atoms with E-state index in [1.807, 2.05) is 0 Å². The second kappa shape index (κ2) is 2.86. The normalized spacial score (nSPS) is 15.0. The highest BCUT2D eigenvalue weighted by Gasteiger charge is 2.22. The van der Waals surface area contributed by atoms with E-state index in [1.54, 1.807) is 0 Å². The fourth-order valence-electron chi connectivity index (χ4n) is 0.611. The predicted molar refractivity (Wildman–Crippen MR) is 39.5 cm³/mol. The van der Waals surface area contributed by atoms with Gasteiger partial charge in [0, 0.05) is 0 Å². The Morgan fingerprint density at radius 2 is 1.33 bits per heavy atom. The van der Waals surface area contributed by atoms with Crippen LogP contribution in [-0.4, -0.2) is 23.2 Å². The molecular formula is C4H6N6O2. The fourth-order valence-corrected chi connectivity index (χ4v) is 0.611. The van der Waals surface area contributed by atoms with Crippen LogP contribution in [0, 0.1) is 0 Å². The van der Waals surface area contributed by atoms with Crippen LogP contribution in [0.1, 0.15) is 0 Å². The molecule has 0 aromatic carbocycles. The fraction of sp³-hybridized carbons (Fsp3) is 0. The number of carbonyl (C=O) groups excluding carboxylic acids is 2. The Hall–Kier alpha value is -2.12. The van der Waals surface area contributed by atoms with Gasteiger partial charge in [0.1, 0.15) is 0 Å². The first-order chi connectivity index (χ1) is 5.63. The van der Waals surface area contributed by atoms with Crippen LogP contribution in [0.4, 0.5) is 0 Å².